The molecule has 3 nitrogen and oxygen atoms in total. The fourth-order valence-electron chi connectivity index (χ4n) is 0.961. The first-order valence-corrected chi connectivity index (χ1v) is 5.40. The van der Waals surface area contributed by atoms with Crippen molar-refractivity contribution in [1.29, 1.82) is 0 Å². The van der Waals surface area contributed by atoms with E-state index < -0.39 is 0 Å². The van der Waals surface area contributed by atoms with Gasteiger partial charge in [-0.3, -0.25) is 0 Å². The van der Waals surface area contributed by atoms with E-state index in [4.69, 9.17) is 9.47 Å². The molecule has 0 rings (SSSR count). The van der Waals surface area contributed by atoms with Gasteiger partial charge in [-0.25, -0.2) is 0 Å². The Balaban J connectivity index is 3.32. The Morgan fingerprint density at radius 3 is 2.36 bits per heavy atom. The maximum Gasteiger partial charge on any atom is 0.0704 e. The van der Waals surface area contributed by atoms with Crippen LogP contribution in [-0.2, 0) is 9.47 Å². The fraction of sp³-hybridized carbons (Fsp3) is 1.00. The zero-order valence-electron chi connectivity index (χ0n) is 10.2. The molecule has 1 unspecified atom stereocenters. The molecule has 1 N–H and O–H groups in total. The van der Waals surface area contributed by atoms with Crippen LogP contribution in [-0.4, -0.2) is 38.0 Å². The predicted octanol–water partition coefficient (Wildman–Crippen LogP) is 1.82. The minimum absolute atomic E-state index is 0.164. The van der Waals surface area contributed by atoms with Gasteiger partial charge in [0.2, 0.25) is 0 Å². The molecule has 0 fully saturated rings. The topological polar surface area (TPSA) is 30.5 Å². The third kappa shape index (κ3) is 9.96. The van der Waals surface area contributed by atoms with Crippen molar-refractivity contribution in [3.8, 4) is 0 Å². The monoisotopic (exact) mass is 203 g/mol. The predicted molar refractivity (Wildman–Crippen MR) is 59.7 cm³/mol. The molecule has 0 heterocycles. The van der Waals surface area contributed by atoms with Gasteiger partial charge >= 0.3 is 0 Å². The van der Waals surface area contributed by atoms with Crippen molar-refractivity contribution < 1.29 is 9.47 Å². The van der Waals surface area contributed by atoms with E-state index in [1.54, 1.807) is 0 Å². The average Bonchev–Trinajstić information content (AvgIpc) is 2.08. The molecule has 3 heteroatoms. The van der Waals surface area contributed by atoms with Crippen molar-refractivity contribution in [2.75, 3.05) is 26.4 Å². The molecular weight excluding hydrogens is 178 g/mol. The van der Waals surface area contributed by atoms with Gasteiger partial charge in [0.05, 0.1) is 19.3 Å². The Kier molecular flexibility index (Phi) is 7.15. The van der Waals surface area contributed by atoms with Crippen molar-refractivity contribution in [2.45, 2.75) is 46.3 Å². The average molecular weight is 203 g/mol. The van der Waals surface area contributed by atoms with Crippen LogP contribution in [0.5, 0.6) is 0 Å². The molecule has 0 aromatic rings. The first kappa shape index (κ1) is 13.9. The molecule has 0 radical (unpaired) electrons. The highest BCUT2D eigenvalue weighted by Crippen LogP contribution is 1.99. The molecule has 0 aliphatic rings. The van der Waals surface area contributed by atoms with E-state index in [0.717, 1.165) is 13.2 Å². The van der Waals surface area contributed by atoms with Gasteiger partial charge in [-0.1, -0.05) is 0 Å². The number of nitrogens with one attached hydrogen (secondary N) is 1. The second-order valence-electron chi connectivity index (χ2n) is 4.51. The number of hydrogen-bond acceptors (Lipinski definition) is 3. The summed E-state index contributed by atoms with van der Waals surface area (Å²) < 4.78 is 10.7. The Morgan fingerprint density at radius 1 is 1.21 bits per heavy atom. The zero-order valence-corrected chi connectivity index (χ0v) is 10.2. The van der Waals surface area contributed by atoms with Crippen LogP contribution in [0.25, 0.3) is 0 Å². The molecule has 86 valence electrons. The van der Waals surface area contributed by atoms with E-state index in [1.165, 1.54) is 0 Å². The number of ether oxygens (including phenoxy) is 2. The maximum atomic E-state index is 5.55. The van der Waals surface area contributed by atoms with Gasteiger partial charge in [0.15, 0.2) is 0 Å². The first-order valence-electron chi connectivity index (χ1n) is 5.40. The lowest BCUT2D eigenvalue weighted by atomic mass is 10.1. The van der Waals surface area contributed by atoms with E-state index in [9.17, 15) is 0 Å². The van der Waals surface area contributed by atoms with Crippen molar-refractivity contribution in [2.24, 2.45) is 0 Å². The van der Waals surface area contributed by atoms with Gasteiger partial charge in [-0.05, 0) is 34.6 Å². The summed E-state index contributed by atoms with van der Waals surface area (Å²) in [4.78, 5) is 0. The minimum Gasteiger partial charge on any atom is -0.379 e. The molecule has 0 bridgehead atoms. The van der Waals surface area contributed by atoms with E-state index in [1.807, 2.05) is 6.92 Å². The normalized spacial score (nSPS) is 14.4. The first-order chi connectivity index (χ1) is 6.45. The summed E-state index contributed by atoms with van der Waals surface area (Å²) in [6.45, 7) is 13.5. The summed E-state index contributed by atoms with van der Waals surface area (Å²) in [5.41, 5.74) is 0.164. The van der Waals surface area contributed by atoms with Crippen LogP contribution < -0.4 is 5.32 Å². The molecule has 14 heavy (non-hydrogen) atoms. The van der Waals surface area contributed by atoms with Crippen molar-refractivity contribution in [3.63, 3.8) is 0 Å². The Hall–Kier alpha value is -0.120. The summed E-state index contributed by atoms with van der Waals surface area (Å²) in [6, 6.07) is 0. The second-order valence-corrected chi connectivity index (χ2v) is 4.51. The Labute approximate surface area is 88.2 Å². The third-order valence-corrected chi connectivity index (χ3v) is 1.75. The molecule has 0 aromatic carbocycles. The van der Waals surface area contributed by atoms with Gasteiger partial charge in [-0.15, -0.1) is 0 Å². The van der Waals surface area contributed by atoms with Crippen LogP contribution in [0.3, 0.4) is 0 Å². The van der Waals surface area contributed by atoms with E-state index >= 15 is 0 Å². The molecule has 0 aliphatic heterocycles. The molecule has 0 spiro atoms. The van der Waals surface area contributed by atoms with E-state index in [-0.39, 0.29) is 11.6 Å². The lowest BCUT2D eigenvalue weighted by molar-refractivity contribution is 0.0137. The van der Waals surface area contributed by atoms with Crippen molar-refractivity contribution in [3.05, 3.63) is 0 Å². The quantitative estimate of drug-likeness (QED) is 0.640. The highest BCUT2D eigenvalue weighted by molar-refractivity contribution is 4.71. The van der Waals surface area contributed by atoms with Gasteiger partial charge in [-0.2, -0.15) is 0 Å². The Morgan fingerprint density at radius 2 is 1.86 bits per heavy atom. The van der Waals surface area contributed by atoms with E-state index in [0.29, 0.717) is 13.2 Å². The van der Waals surface area contributed by atoms with E-state index in [2.05, 4.69) is 33.0 Å². The molecular formula is C11H25NO2. The lowest BCUT2D eigenvalue weighted by Gasteiger charge is -2.23. The second kappa shape index (κ2) is 7.21. The summed E-state index contributed by atoms with van der Waals surface area (Å²) in [7, 11) is 0. The Bertz CT molecular complexity index is 132. The fourth-order valence-corrected chi connectivity index (χ4v) is 0.961. The molecule has 0 saturated heterocycles. The number of hydrogen-bond donors (Lipinski definition) is 1. The van der Waals surface area contributed by atoms with Crippen LogP contribution in [0.15, 0.2) is 0 Å². The largest absolute Gasteiger partial charge is 0.379 e. The SMILES string of the molecule is CCOCCOC(C)CNC(C)(C)C. The summed E-state index contributed by atoms with van der Waals surface area (Å²) in [6.07, 6.45) is 0.245. The standard InChI is InChI=1S/C11H25NO2/c1-6-13-7-8-14-10(2)9-12-11(3,4)5/h10,12H,6-9H2,1-5H3. The maximum absolute atomic E-state index is 5.55. The third-order valence-electron chi connectivity index (χ3n) is 1.75. The molecule has 1 atom stereocenters. The lowest BCUT2D eigenvalue weighted by Crippen LogP contribution is -2.41. The van der Waals surface area contributed by atoms with Crippen molar-refractivity contribution >= 4 is 0 Å². The van der Waals surface area contributed by atoms with Gasteiger partial charge in [0, 0.05) is 18.7 Å². The van der Waals surface area contributed by atoms with Crippen LogP contribution >= 0.6 is 0 Å². The van der Waals surface area contributed by atoms with Crippen molar-refractivity contribution in [1.82, 2.24) is 5.32 Å². The van der Waals surface area contributed by atoms with Crippen LogP contribution in [0.1, 0.15) is 34.6 Å². The van der Waals surface area contributed by atoms with Gasteiger partial charge in [0.1, 0.15) is 0 Å². The van der Waals surface area contributed by atoms with Crippen LogP contribution in [0.4, 0.5) is 0 Å². The summed E-state index contributed by atoms with van der Waals surface area (Å²) in [5, 5.41) is 3.40. The highest BCUT2D eigenvalue weighted by Gasteiger charge is 2.10. The van der Waals surface area contributed by atoms with Gasteiger partial charge < -0.3 is 14.8 Å². The molecule has 0 aliphatic carbocycles. The smallest absolute Gasteiger partial charge is 0.0704 e. The zero-order chi connectivity index (χ0) is 11.0. The summed E-state index contributed by atoms with van der Waals surface area (Å²) in [5.74, 6) is 0. The number of rotatable bonds is 7. The minimum atomic E-state index is 0.164. The highest BCUT2D eigenvalue weighted by atomic mass is 16.5. The molecule has 0 amide bonds. The molecule has 0 aromatic heterocycles. The van der Waals surface area contributed by atoms with Crippen LogP contribution in [0, 0.1) is 0 Å². The van der Waals surface area contributed by atoms with Gasteiger partial charge in [0.25, 0.3) is 0 Å². The van der Waals surface area contributed by atoms with Crippen LogP contribution in [0.2, 0.25) is 0 Å². The summed E-state index contributed by atoms with van der Waals surface area (Å²) >= 11 is 0. The molecule has 0 saturated carbocycles.